The summed E-state index contributed by atoms with van der Waals surface area (Å²) in [5, 5.41) is 12.6. The summed E-state index contributed by atoms with van der Waals surface area (Å²) in [7, 11) is 0. The van der Waals surface area contributed by atoms with Gasteiger partial charge in [0, 0.05) is 17.2 Å². The standard InChI is InChI=1S/C31H49NO3/c1-10-12-18-34-27-16-14-23(29(4,5)6)20-25(27)31(33,22(3)32)26-21-24(30(7,8)9)15-17-28(26)35-19-13-11-2/h14-17,20-22,33H,10-13,18-19,32H2,1-9H3/t22-/m1/s1. The third kappa shape index (κ3) is 7.01. The molecule has 4 nitrogen and oxygen atoms in total. The Morgan fingerprint density at radius 2 is 1.11 bits per heavy atom. The van der Waals surface area contributed by atoms with Crippen molar-refractivity contribution in [1.82, 2.24) is 0 Å². The number of hydrogen-bond acceptors (Lipinski definition) is 4. The number of nitrogens with two attached hydrogens (primary N) is 1. The zero-order chi connectivity index (χ0) is 26.4. The van der Waals surface area contributed by atoms with Crippen LogP contribution in [0.15, 0.2) is 36.4 Å². The second-order valence-electron chi connectivity index (χ2n) is 11.9. The molecule has 4 heteroatoms. The first-order valence-corrected chi connectivity index (χ1v) is 13.3. The maximum absolute atomic E-state index is 12.6. The van der Waals surface area contributed by atoms with Crippen LogP contribution >= 0.6 is 0 Å². The van der Waals surface area contributed by atoms with Gasteiger partial charge in [-0.25, -0.2) is 0 Å². The number of aliphatic hydroxyl groups is 1. The van der Waals surface area contributed by atoms with Gasteiger partial charge in [0.25, 0.3) is 0 Å². The fourth-order valence-corrected chi connectivity index (χ4v) is 4.13. The van der Waals surface area contributed by atoms with Crippen LogP contribution in [0.1, 0.15) is 110 Å². The van der Waals surface area contributed by atoms with Crippen molar-refractivity contribution in [2.45, 2.75) is 110 Å². The van der Waals surface area contributed by atoms with Crippen LogP contribution in [0, 0.1) is 0 Å². The summed E-state index contributed by atoms with van der Waals surface area (Å²) in [5.74, 6) is 1.35. The monoisotopic (exact) mass is 483 g/mol. The van der Waals surface area contributed by atoms with E-state index in [1.807, 2.05) is 19.1 Å². The molecular weight excluding hydrogens is 434 g/mol. The normalized spacial score (nSPS) is 13.6. The highest BCUT2D eigenvalue weighted by molar-refractivity contribution is 5.54. The van der Waals surface area contributed by atoms with Crippen LogP contribution in [0.25, 0.3) is 0 Å². The molecule has 0 aliphatic heterocycles. The van der Waals surface area contributed by atoms with Crippen LogP contribution in [-0.2, 0) is 16.4 Å². The number of ether oxygens (including phenoxy) is 2. The van der Waals surface area contributed by atoms with Gasteiger partial charge in [0.15, 0.2) is 0 Å². The summed E-state index contributed by atoms with van der Waals surface area (Å²) in [5.41, 5.74) is 8.59. The Bertz CT molecular complexity index is 879. The van der Waals surface area contributed by atoms with Crippen molar-refractivity contribution < 1.29 is 14.6 Å². The average Bonchev–Trinajstić information content (AvgIpc) is 2.77. The molecule has 0 fully saturated rings. The molecule has 0 heterocycles. The summed E-state index contributed by atoms with van der Waals surface area (Å²) in [6.45, 7) is 20.4. The molecule has 0 radical (unpaired) electrons. The molecule has 0 aromatic heterocycles. The Hall–Kier alpha value is -2.04. The van der Waals surface area contributed by atoms with Crippen molar-refractivity contribution in [2.75, 3.05) is 13.2 Å². The van der Waals surface area contributed by atoms with E-state index in [1.54, 1.807) is 0 Å². The highest BCUT2D eigenvalue weighted by Gasteiger charge is 2.42. The predicted molar refractivity (Wildman–Crippen MR) is 148 cm³/mol. The van der Waals surface area contributed by atoms with Crippen LogP contribution in [0.2, 0.25) is 0 Å². The van der Waals surface area contributed by atoms with Crippen molar-refractivity contribution in [3.05, 3.63) is 58.7 Å². The van der Waals surface area contributed by atoms with Gasteiger partial charge in [0.05, 0.1) is 13.2 Å². The van der Waals surface area contributed by atoms with Crippen LogP contribution in [0.5, 0.6) is 11.5 Å². The Morgan fingerprint density at radius 1 is 0.743 bits per heavy atom. The van der Waals surface area contributed by atoms with E-state index in [-0.39, 0.29) is 10.8 Å². The molecule has 35 heavy (non-hydrogen) atoms. The van der Waals surface area contributed by atoms with Gasteiger partial charge in [0.2, 0.25) is 0 Å². The van der Waals surface area contributed by atoms with Crippen molar-refractivity contribution in [3.63, 3.8) is 0 Å². The molecule has 0 bridgehead atoms. The highest BCUT2D eigenvalue weighted by Crippen LogP contribution is 2.45. The van der Waals surface area contributed by atoms with E-state index in [0.29, 0.717) is 35.8 Å². The molecule has 2 aromatic carbocycles. The van der Waals surface area contributed by atoms with Gasteiger partial charge in [-0.05, 0) is 66.0 Å². The number of rotatable bonds is 11. The number of hydrogen-bond donors (Lipinski definition) is 2. The first kappa shape index (κ1) is 29.2. The van der Waals surface area contributed by atoms with Gasteiger partial charge < -0.3 is 20.3 Å². The fraction of sp³-hybridized carbons (Fsp3) is 0.613. The topological polar surface area (TPSA) is 64.7 Å². The van der Waals surface area contributed by atoms with Gasteiger partial charge in [-0.2, -0.15) is 0 Å². The largest absolute Gasteiger partial charge is 0.493 e. The lowest BCUT2D eigenvalue weighted by Crippen LogP contribution is -2.45. The summed E-state index contributed by atoms with van der Waals surface area (Å²) < 4.78 is 12.5. The maximum Gasteiger partial charge on any atom is 0.136 e. The first-order chi connectivity index (χ1) is 16.3. The van der Waals surface area contributed by atoms with Crippen molar-refractivity contribution >= 4 is 0 Å². The Balaban J connectivity index is 2.83. The smallest absolute Gasteiger partial charge is 0.136 e. The van der Waals surface area contributed by atoms with Crippen LogP contribution in [0.3, 0.4) is 0 Å². The summed E-state index contributed by atoms with van der Waals surface area (Å²) in [6.07, 6.45) is 3.97. The summed E-state index contributed by atoms with van der Waals surface area (Å²) in [6, 6.07) is 11.7. The molecule has 1 atom stereocenters. The van der Waals surface area contributed by atoms with E-state index < -0.39 is 11.6 Å². The molecule has 0 saturated heterocycles. The van der Waals surface area contributed by atoms with Gasteiger partial charge >= 0.3 is 0 Å². The minimum absolute atomic E-state index is 0.0941. The van der Waals surface area contributed by atoms with E-state index in [2.05, 4.69) is 79.7 Å². The Morgan fingerprint density at radius 3 is 1.40 bits per heavy atom. The highest BCUT2D eigenvalue weighted by atomic mass is 16.5. The molecule has 0 spiro atoms. The lowest BCUT2D eigenvalue weighted by Gasteiger charge is -2.37. The molecular formula is C31H49NO3. The Labute approximate surface area is 214 Å². The van der Waals surface area contributed by atoms with E-state index in [4.69, 9.17) is 15.2 Å². The minimum Gasteiger partial charge on any atom is -0.493 e. The lowest BCUT2D eigenvalue weighted by atomic mass is 9.75. The third-order valence-corrected chi connectivity index (χ3v) is 6.68. The molecule has 3 N–H and O–H groups in total. The summed E-state index contributed by atoms with van der Waals surface area (Å²) >= 11 is 0. The van der Waals surface area contributed by atoms with Gasteiger partial charge in [0.1, 0.15) is 17.1 Å². The van der Waals surface area contributed by atoms with Crippen LogP contribution < -0.4 is 15.2 Å². The van der Waals surface area contributed by atoms with Crippen molar-refractivity contribution in [3.8, 4) is 11.5 Å². The van der Waals surface area contributed by atoms with Gasteiger partial charge in [-0.15, -0.1) is 0 Å². The first-order valence-electron chi connectivity index (χ1n) is 13.3. The number of benzene rings is 2. The van der Waals surface area contributed by atoms with Crippen LogP contribution in [0.4, 0.5) is 0 Å². The van der Waals surface area contributed by atoms with Gasteiger partial charge in [-0.3, -0.25) is 0 Å². The predicted octanol–water partition coefficient (Wildman–Crippen LogP) is 7.22. The second-order valence-corrected chi connectivity index (χ2v) is 11.9. The van der Waals surface area contributed by atoms with Gasteiger partial charge in [-0.1, -0.05) is 80.4 Å². The van der Waals surface area contributed by atoms with E-state index in [9.17, 15) is 5.11 Å². The third-order valence-electron chi connectivity index (χ3n) is 6.68. The Kier molecular flexibility index (Phi) is 9.84. The number of unbranched alkanes of at least 4 members (excludes halogenated alkanes) is 2. The van der Waals surface area contributed by atoms with E-state index in [0.717, 1.165) is 36.8 Å². The summed E-state index contributed by atoms with van der Waals surface area (Å²) in [4.78, 5) is 0. The zero-order valence-corrected chi connectivity index (χ0v) is 23.6. The molecule has 196 valence electrons. The van der Waals surface area contributed by atoms with Crippen molar-refractivity contribution in [2.24, 2.45) is 5.73 Å². The minimum atomic E-state index is -1.49. The van der Waals surface area contributed by atoms with E-state index in [1.165, 1.54) is 0 Å². The molecule has 2 aromatic rings. The second kappa shape index (κ2) is 11.8. The zero-order valence-electron chi connectivity index (χ0n) is 23.6. The average molecular weight is 484 g/mol. The molecule has 0 aliphatic carbocycles. The van der Waals surface area contributed by atoms with E-state index >= 15 is 0 Å². The fourth-order valence-electron chi connectivity index (χ4n) is 4.13. The van der Waals surface area contributed by atoms with Crippen molar-refractivity contribution in [1.29, 1.82) is 0 Å². The molecule has 0 unspecified atom stereocenters. The molecule has 0 aliphatic rings. The maximum atomic E-state index is 12.6. The molecule has 0 saturated carbocycles. The quantitative estimate of drug-likeness (QED) is 0.331. The lowest BCUT2D eigenvalue weighted by molar-refractivity contribution is 0.0509. The SMILES string of the molecule is CCCCOc1ccc(C(C)(C)C)cc1C(O)(c1cc(C(C)(C)C)ccc1OCCCC)[C@@H](C)N. The molecule has 0 amide bonds. The van der Waals surface area contributed by atoms with Crippen LogP contribution in [-0.4, -0.2) is 24.4 Å². The molecule has 2 rings (SSSR count).